The van der Waals surface area contributed by atoms with Gasteiger partial charge in [-0.3, -0.25) is 0 Å². The van der Waals surface area contributed by atoms with Gasteiger partial charge in [0.15, 0.2) is 5.69 Å². The molecule has 1 unspecified atom stereocenters. The molecule has 0 bridgehead atoms. The van der Waals surface area contributed by atoms with Gasteiger partial charge in [0, 0.05) is 13.2 Å². The first-order valence-corrected chi connectivity index (χ1v) is 7.07. The number of hydrogen-bond donors (Lipinski definition) is 2. The number of aromatic nitrogens is 2. The van der Waals surface area contributed by atoms with Crippen LogP contribution in [0.4, 0.5) is 5.82 Å². The van der Waals surface area contributed by atoms with E-state index in [0.717, 1.165) is 26.2 Å². The average Bonchev–Trinajstić information content (AvgIpc) is 2.44. The van der Waals surface area contributed by atoms with E-state index in [4.69, 9.17) is 9.84 Å². The number of rotatable bonds is 4. The van der Waals surface area contributed by atoms with Crippen molar-refractivity contribution in [2.24, 2.45) is 11.3 Å². The fraction of sp³-hybridized carbons (Fsp3) is 0.643. The van der Waals surface area contributed by atoms with E-state index in [1.165, 1.54) is 31.7 Å². The van der Waals surface area contributed by atoms with Gasteiger partial charge in [0.25, 0.3) is 0 Å². The van der Waals surface area contributed by atoms with Crippen LogP contribution in [0, 0.1) is 11.3 Å². The largest absolute Gasteiger partial charge is 0.476 e. The van der Waals surface area contributed by atoms with Crippen LogP contribution in [-0.2, 0) is 4.74 Å². The molecule has 2 fully saturated rings. The molecule has 1 aromatic rings. The van der Waals surface area contributed by atoms with Gasteiger partial charge in [-0.15, -0.1) is 0 Å². The van der Waals surface area contributed by atoms with Crippen molar-refractivity contribution in [1.82, 2.24) is 9.97 Å². The molecule has 6 nitrogen and oxygen atoms in total. The van der Waals surface area contributed by atoms with Crippen molar-refractivity contribution in [2.45, 2.75) is 25.7 Å². The normalized spacial score (nSPS) is 24.1. The number of carboxylic acid groups (broad SMARTS) is 1. The Hall–Kier alpha value is -1.69. The highest BCUT2D eigenvalue weighted by Gasteiger charge is 2.45. The minimum atomic E-state index is -1.05. The van der Waals surface area contributed by atoms with Crippen molar-refractivity contribution in [1.29, 1.82) is 0 Å². The first kappa shape index (κ1) is 13.3. The minimum absolute atomic E-state index is 0.0305. The van der Waals surface area contributed by atoms with Gasteiger partial charge >= 0.3 is 5.97 Å². The Bertz CT molecular complexity index is 485. The smallest absolute Gasteiger partial charge is 0.356 e. The number of carbonyl (C=O) groups is 1. The summed E-state index contributed by atoms with van der Waals surface area (Å²) in [6.45, 7) is 2.56. The van der Waals surface area contributed by atoms with E-state index in [-0.39, 0.29) is 5.69 Å². The van der Waals surface area contributed by atoms with E-state index < -0.39 is 5.97 Å². The molecular formula is C14H19N3O3. The molecule has 1 aromatic heterocycles. The Kier molecular flexibility index (Phi) is 3.56. The zero-order chi connectivity index (χ0) is 14.0. The van der Waals surface area contributed by atoms with Gasteiger partial charge in [-0.2, -0.15) is 0 Å². The molecule has 1 aliphatic carbocycles. The van der Waals surface area contributed by atoms with Crippen LogP contribution in [0.3, 0.4) is 0 Å². The number of anilines is 1. The second-order valence-electron chi connectivity index (χ2n) is 5.73. The SMILES string of the molecule is O=C(O)c1cnc(NCC2CCOCC23CCC3)cn1. The zero-order valence-electron chi connectivity index (χ0n) is 11.3. The summed E-state index contributed by atoms with van der Waals surface area (Å²) in [5.74, 6) is 0.184. The van der Waals surface area contributed by atoms with Crippen LogP contribution >= 0.6 is 0 Å². The summed E-state index contributed by atoms with van der Waals surface area (Å²) in [5.41, 5.74) is 0.330. The van der Waals surface area contributed by atoms with Crippen molar-refractivity contribution in [3.8, 4) is 0 Å². The van der Waals surface area contributed by atoms with E-state index in [1.54, 1.807) is 0 Å². The van der Waals surface area contributed by atoms with Gasteiger partial charge in [0.2, 0.25) is 0 Å². The monoisotopic (exact) mass is 277 g/mol. The summed E-state index contributed by atoms with van der Waals surface area (Å²) >= 11 is 0. The molecule has 6 heteroatoms. The maximum Gasteiger partial charge on any atom is 0.356 e. The summed E-state index contributed by atoms with van der Waals surface area (Å²) in [7, 11) is 0. The number of aromatic carboxylic acids is 1. The van der Waals surface area contributed by atoms with Gasteiger partial charge in [0.05, 0.1) is 19.0 Å². The van der Waals surface area contributed by atoms with E-state index >= 15 is 0 Å². The van der Waals surface area contributed by atoms with Crippen LogP contribution < -0.4 is 5.32 Å². The number of nitrogens with zero attached hydrogens (tertiary/aromatic N) is 2. The van der Waals surface area contributed by atoms with Gasteiger partial charge in [-0.25, -0.2) is 14.8 Å². The second-order valence-corrected chi connectivity index (χ2v) is 5.73. The van der Waals surface area contributed by atoms with Crippen LogP contribution in [0.25, 0.3) is 0 Å². The first-order chi connectivity index (χ1) is 9.70. The number of hydrogen-bond acceptors (Lipinski definition) is 5. The third-order valence-corrected chi connectivity index (χ3v) is 4.62. The molecule has 20 heavy (non-hydrogen) atoms. The third-order valence-electron chi connectivity index (χ3n) is 4.62. The maximum absolute atomic E-state index is 10.7. The molecular weight excluding hydrogens is 258 g/mol. The van der Waals surface area contributed by atoms with Crippen molar-refractivity contribution >= 4 is 11.8 Å². The van der Waals surface area contributed by atoms with E-state index in [1.807, 2.05) is 0 Å². The van der Waals surface area contributed by atoms with Gasteiger partial charge in [-0.1, -0.05) is 6.42 Å². The molecule has 0 amide bonds. The Morgan fingerprint density at radius 1 is 1.45 bits per heavy atom. The quantitative estimate of drug-likeness (QED) is 0.873. The van der Waals surface area contributed by atoms with Crippen molar-refractivity contribution < 1.29 is 14.6 Å². The van der Waals surface area contributed by atoms with Gasteiger partial charge in [0.1, 0.15) is 5.82 Å². The van der Waals surface area contributed by atoms with Crippen LogP contribution in [0.15, 0.2) is 12.4 Å². The predicted octanol–water partition coefficient (Wildman–Crippen LogP) is 1.79. The summed E-state index contributed by atoms with van der Waals surface area (Å²) in [6, 6.07) is 0. The molecule has 1 atom stereocenters. The van der Waals surface area contributed by atoms with Crippen LogP contribution in [0.2, 0.25) is 0 Å². The second kappa shape index (κ2) is 5.36. The highest BCUT2D eigenvalue weighted by molar-refractivity contribution is 5.84. The summed E-state index contributed by atoms with van der Waals surface area (Å²) in [5, 5.41) is 12.1. The molecule has 1 saturated carbocycles. The lowest BCUT2D eigenvalue weighted by Crippen LogP contribution is -2.47. The molecule has 1 aliphatic heterocycles. The Morgan fingerprint density at radius 3 is 2.90 bits per heavy atom. The molecule has 0 aromatic carbocycles. The van der Waals surface area contributed by atoms with E-state index in [2.05, 4.69) is 15.3 Å². The van der Waals surface area contributed by atoms with E-state index in [9.17, 15) is 4.79 Å². The Labute approximate surface area is 117 Å². The molecule has 2 N–H and O–H groups in total. The predicted molar refractivity (Wildman–Crippen MR) is 72.7 cm³/mol. The van der Waals surface area contributed by atoms with Crippen LogP contribution in [0.1, 0.15) is 36.2 Å². The molecule has 2 aliphatic rings. The molecule has 2 heterocycles. The lowest BCUT2D eigenvalue weighted by atomic mass is 9.60. The summed E-state index contributed by atoms with van der Waals surface area (Å²) < 4.78 is 5.63. The lowest BCUT2D eigenvalue weighted by Gasteiger charge is -2.50. The van der Waals surface area contributed by atoms with Crippen molar-refractivity contribution in [3.05, 3.63) is 18.1 Å². The molecule has 1 saturated heterocycles. The van der Waals surface area contributed by atoms with Crippen molar-refractivity contribution in [2.75, 3.05) is 25.1 Å². The highest BCUT2D eigenvalue weighted by Crippen LogP contribution is 2.50. The van der Waals surface area contributed by atoms with Gasteiger partial charge in [-0.05, 0) is 30.6 Å². The molecule has 0 radical (unpaired) electrons. The fourth-order valence-electron chi connectivity index (χ4n) is 3.18. The number of ether oxygens (including phenoxy) is 1. The van der Waals surface area contributed by atoms with Crippen molar-refractivity contribution in [3.63, 3.8) is 0 Å². The molecule has 3 rings (SSSR count). The van der Waals surface area contributed by atoms with E-state index in [0.29, 0.717) is 17.2 Å². The Morgan fingerprint density at radius 2 is 2.30 bits per heavy atom. The topological polar surface area (TPSA) is 84.3 Å². The first-order valence-electron chi connectivity index (χ1n) is 7.07. The summed E-state index contributed by atoms with van der Waals surface area (Å²) in [4.78, 5) is 18.7. The lowest BCUT2D eigenvalue weighted by molar-refractivity contribution is -0.0926. The standard InChI is InChI=1S/C14H19N3O3/c18-13(19)11-7-17-12(8-15-11)16-6-10-2-5-20-9-14(10)3-1-4-14/h7-8,10H,1-6,9H2,(H,16,17)(H,18,19). The maximum atomic E-state index is 10.7. The summed E-state index contributed by atoms with van der Waals surface area (Å²) in [6.07, 6.45) is 7.65. The number of carboxylic acids is 1. The molecule has 108 valence electrons. The highest BCUT2D eigenvalue weighted by atomic mass is 16.5. The van der Waals surface area contributed by atoms with Crippen LogP contribution in [0.5, 0.6) is 0 Å². The fourth-order valence-corrected chi connectivity index (χ4v) is 3.18. The minimum Gasteiger partial charge on any atom is -0.476 e. The zero-order valence-corrected chi connectivity index (χ0v) is 11.3. The average molecular weight is 277 g/mol. The molecule has 1 spiro atoms. The Balaban J connectivity index is 1.59. The van der Waals surface area contributed by atoms with Crippen LogP contribution in [-0.4, -0.2) is 40.8 Å². The number of nitrogens with one attached hydrogen (secondary N) is 1. The third kappa shape index (κ3) is 2.47. The van der Waals surface area contributed by atoms with Gasteiger partial charge < -0.3 is 15.2 Å².